The second-order valence-corrected chi connectivity index (χ2v) is 5.12. The molecule has 0 spiro atoms. The maximum absolute atomic E-state index is 14.2. The first-order valence-corrected chi connectivity index (χ1v) is 6.87. The molecule has 1 heterocycles. The van der Waals surface area contributed by atoms with E-state index in [-0.39, 0.29) is 5.56 Å². The molecule has 1 N–H and O–H groups in total. The lowest BCUT2D eigenvalue weighted by molar-refractivity contribution is 0.502. The molecule has 0 aliphatic heterocycles. The van der Waals surface area contributed by atoms with Crippen molar-refractivity contribution in [2.45, 2.75) is 26.3 Å². The molecule has 0 saturated heterocycles. The second-order valence-electron chi connectivity index (χ2n) is 4.30. The molecule has 0 aliphatic carbocycles. The zero-order valence-electron chi connectivity index (χ0n) is 10.8. The number of aromatic nitrogens is 2. The number of nitrogens with one attached hydrogen (secondary N) is 1. The normalized spacial score (nSPS) is 12.6. The summed E-state index contributed by atoms with van der Waals surface area (Å²) >= 11 is 1.14. The number of aryl methyl sites for hydroxylation is 1. The first-order chi connectivity index (χ1) is 9.15. The molecule has 0 aliphatic rings. The quantitative estimate of drug-likeness (QED) is 0.915. The first-order valence-electron chi connectivity index (χ1n) is 6.10. The number of hydrogen-bond acceptors (Lipinski definition) is 4. The van der Waals surface area contributed by atoms with Gasteiger partial charge in [0.25, 0.3) is 0 Å². The largest absolute Gasteiger partial charge is 0.305 e. The van der Waals surface area contributed by atoms with Crippen LogP contribution in [0.4, 0.5) is 8.78 Å². The zero-order valence-corrected chi connectivity index (χ0v) is 11.6. The van der Waals surface area contributed by atoms with Gasteiger partial charge < -0.3 is 5.32 Å². The average molecular weight is 283 g/mol. The van der Waals surface area contributed by atoms with Gasteiger partial charge in [0.1, 0.15) is 11.6 Å². The van der Waals surface area contributed by atoms with Gasteiger partial charge in [0.2, 0.25) is 0 Å². The minimum atomic E-state index is -0.551. The predicted octanol–water partition coefficient (Wildman–Crippen LogP) is 3.21. The number of rotatable bonds is 5. The van der Waals surface area contributed by atoms with Crippen LogP contribution in [0.25, 0.3) is 0 Å². The summed E-state index contributed by atoms with van der Waals surface area (Å²) in [7, 11) is 0. The van der Waals surface area contributed by atoms with Crippen molar-refractivity contribution in [3.8, 4) is 0 Å². The minimum Gasteiger partial charge on any atom is -0.305 e. The van der Waals surface area contributed by atoms with E-state index in [4.69, 9.17) is 0 Å². The molecule has 1 unspecified atom stereocenters. The van der Waals surface area contributed by atoms with Gasteiger partial charge in [-0.05, 0) is 43.1 Å². The van der Waals surface area contributed by atoms with Crippen molar-refractivity contribution in [1.29, 1.82) is 0 Å². The lowest BCUT2D eigenvalue weighted by Crippen LogP contribution is -2.24. The van der Waals surface area contributed by atoms with Crippen molar-refractivity contribution in [1.82, 2.24) is 14.9 Å². The molecule has 2 aromatic rings. The average Bonchev–Trinajstić information content (AvgIpc) is 2.92. The third-order valence-corrected chi connectivity index (χ3v) is 3.60. The molecule has 1 aromatic carbocycles. The molecule has 0 radical (unpaired) electrons. The van der Waals surface area contributed by atoms with E-state index in [0.717, 1.165) is 18.0 Å². The summed E-state index contributed by atoms with van der Waals surface area (Å²) in [5, 5.41) is 6.89. The molecule has 3 nitrogen and oxygen atoms in total. The summed E-state index contributed by atoms with van der Waals surface area (Å²) in [5.74, 6) is -1.06. The maximum Gasteiger partial charge on any atom is 0.134 e. The van der Waals surface area contributed by atoms with Crippen LogP contribution < -0.4 is 5.32 Å². The zero-order chi connectivity index (χ0) is 13.8. The van der Waals surface area contributed by atoms with E-state index in [2.05, 4.69) is 14.9 Å². The van der Waals surface area contributed by atoms with Gasteiger partial charge in [0.15, 0.2) is 0 Å². The molecular weight excluding hydrogens is 268 g/mol. The first kappa shape index (κ1) is 14.0. The number of hydrogen-bond donors (Lipinski definition) is 1. The Morgan fingerprint density at radius 3 is 2.79 bits per heavy atom. The van der Waals surface area contributed by atoms with Crippen LogP contribution in [0.1, 0.15) is 35.4 Å². The van der Waals surface area contributed by atoms with Gasteiger partial charge in [-0.25, -0.2) is 8.78 Å². The molecule has 0 amide bonds. The topological polar surface area (TPSA) is 37.8 Å². The Bertz CT molecular complexity index is 543. The molecular formula is C13H15F2N3S. The van der Waals surface area contributed by atoms with Gasteiger partial charge in [0.05, 0.1) is 17.1 Å². The van der Waals surface area contributed by atoms with Crippen molar-refractivity contribution in [3.63, 3.8) is 0 Å². The highest BCUT2D eigenvalue weighted by Crippen LogP contribution is 2.29. The molecule has 0 fully saturated rings. The van der Waals surface area contributed by atoms with E-state index in [1.54, 1.807) is 13.1 Å². The van der Waals surface area contributed by atoms with E-state index < -0.39 is 17.7 Å². The van der Waals surface area contributed by atoms with Crippen LogP contribution in [0.3, 0.4) is 0 Å². The minimum absolute atomic E-state index is 0.0412. The molecule has 1 aromatic heterocycles. The van der Waals surface area contributed by atoms with Gasteiger partial charge in [0, 0.05) is 5.56 Å². The highest BCUT2D eigenvalue weighted by Gasteiger charge is 2.24. The monoisotopic (exact) mass is 283 g/mol. The van der Waals surface area contributed by atoms with E-state index in [9.17, 15) is 8.78 Å². The Morgan fingerprint density at radius 2 is 2.16 bits per heavy atom. The molecule has 102 valence electrons. The van der Waals surface area contributed by atoms with Crippen molar-refractivity contribution in [2.75, 3.05) is 6.54 Å². The number of nitrogens with zero attached hydrogens (tertiary/aromatic N) is 2. The molecule has 0 saturated carbocycles. The Kier molecular flexibility index (Phi) is 4.55. The SMILES string of the molecule is CCCNC(c1cnns1)c1c(F)ccc(C)c1F. The smallest absolute Gasteiger partial charge is 0.134 e. The van der Waals surface area contributed by atoms with Crippen LogP contribution in [-0.4, -0.2) is 16.1 Å². The highest BCUT2D eigenvalue weighted by molar-refractivity contribution is 7.05. The Labute approximate surface area is 114 Å². The van der Waals surface area contributed by atoms with Crippen LogP contribution in [0.2, 0.25) is 0 Å². The van der Waals surface area contributed by atoms with Crippen molar-refractivity contribution < 1.29 is 8.78 Å². The van der Waals surface area contributed by atoms with Crippen molar-refractivity contribution in [2.24, 2.45) is 0 Å². The summed E-state index contributed by atoms with van der Waals surface area (Å²) in [6.45, 7) is 4.29. The molecule has 1 atom stereocenters. The van der Waals surface area contributed by atoms with E-state index in [1.807, 2.05) is 6.92 Å². The third kappa shape index (κ3) is 2.96. The van der Waals surface area contributed by atoms with Crippen molar-refractivity contribution >= 4 is 11.5 Å². The summed E-state index contributed by atoms with van der Waals surface area (Å²) in [4.78, 5) is 0.705. The molecule has 0 bridgehead atoms. The third-order valence-electron chi connectivity index (χ3n) is 2.87. The van der Waals surface area contributed by atoms with Crippen LogP contribution in [0.5, 0.6) is 0 Å². The Hall–Kier alpha value is -1.40. The lowest BCUT2D eigenvalue weighted by atomic mass is 10.0. The van der Waals surface area contributed by atoms with E-state index in [0.29, 0.717) is 17.0 Å². The molecule has 2 rings (SSSR count). The molecule has 19 heavy (non-hydrogen) atoms. The lowest BCUT2D eigenvalue weighted by Gasteiger charge is -2.19. The summed E-state index contributed by atoms with van der Waals surface area (Å²) in [5.41, 5.74) is 0.469. The van der Waals surface area contributed by atoms with Crippen LogP contribution in [0.15, 0.2) is 18.3 Å². The number of halogens is 2. The van der Waals surface area contributed by atoms with Crippen molar-refractivity contribution in [3.05, 3.63) is 46.0 Å². The van der Waals surface area contributed by atoms with Crippen LogP contribution in [0, 0.1) is 18.6 Å². The fourth-order valence-corrected chi connectivity index (χ4v) is 2.47. The second kappa shape index (κ2) is 6.16. The number of benzene rings is 1. The Balaban J connectivity index is 2.46. The highest BCUT2D eigenvalue weighted by atomic mass is 32.1. The van der Waals surface area contributed by atoms with Gasteiger partial charge in [-0.15, -0.1) is 5.10 Å². The van der Waals surface area contributed by atoms with E-state index >= 15 is 0 Å². The fourth-order valence-electron chi connectivity index (χ4n) is 1.88. The standard InChI is InChI=1S/C13H15F2N3S/c1-3-6-16-13(10-7-17-18-19-10)11-9(14)5-4-8(2)12(11)15/h4-5,7,13,16H,3,6H2,1-2H3. The van der Waals surface area contributed by atoms with Gasteiger partial charge in [-0.3, -0.25) is 0 Å². The summed E-state index contributed by atoms with van der Waals surface area (Å²) in [6, 6.07) is 2.19. The van der Waals surface area contributed by atoms with E-state index in [1.165, 1.54) is 12.1 Å². The van der Waals surface area contributed by atoms with Gasteiger partial charge >= 0.3 is 0 Å². The summed E-state index contributed by atoms with van der Waals surface area (Å²) in [6.07, 6.45) is 2.41. The molecule has 6 heteroatoms. The van der Waals surface area contributed by atoms with Gasteiger partial charge in [-0.2, -0.15) is 0 Å². The fraction of sp³-hybridized carbons (Fsp3) is 0.385. The van der Waals surface area contributed by atoms with Crippen LogP contribution >= 0.6 is 11.5 Å². The van der Waals surface area contributed by atoms with Crippen LogP contribution in [-0.2, 0) is 0 Å². The van der Waals surface area contributed by atoms with Gasteiger partial charge in [-0.1, -0.05) is 17.5 Å². The maximum atomic E-state index is 14.2. The predicted molar refractivity (Wildman–Crippen MR) is 71.1 cm³/mol. The summed E-state index contributed by atoms with van der Waals surface area (Å²) < 4.78 is 32.0. The Morgan fingerprint density at radius 1 is 1.37 bits per heavy atom.